The molecule has 1 fully saturated rings. The molecule has 0 bridgehead atoms. The van der Waals surface area contributed by atoms with Crippen LogP contribution in [0.5, 0.6) is 0 Å². The minimum absolute atomic E-state index is 0.0417. The van der Waals surface area contributed by atoms with E-state index in [1.165, 1.54) is 47.4 Å². The van der Waals surface area contributed by atoms with Crippen molar-refractivity contribution in [1.82, 2.24) is 19.2 Å². The van der Waals surface area contributed by atoms with Crippen molar-refractivity contribution in [2.45, 2.75) is 31.6 Å². The van der Waals surface area contributed by atoms with Crippen molar-refractivity contribution >= 4 is 22.9 Å². The zero-order chi connectivity index (χ0) is 28.5. The maximum absolute atomic E-state index is 13.3. The van der Waals surface area contributed by atoms with Crippen LogP contribution in [0, 0.1) is 23.1 Å². The summed E-state index contributed by atoms with van der Waals surface area (Å²) in [5, 5.41) is 16.6. The standard InChI is InChI=1S/C31H26FN7O2/c32-22-9-13-24(14-10-22)38-15-1-2-25(31(38)41)30(40)37-23-11-7-20(8-12-23)26-16-27(21-5-3-19(17-33)4-6-21)39-28(26)29(34)35-18-36-39/h1-2,7-16,18-19,21H,3-6H2,(H,37,40)(H2,34,35,36). The minimum Gasteiger partial charge on any atom is -0.382 e. The third-order valence-electron chi connectivity index (χ3n) is 7.69. The fraction of sp³-hybridized carbons (Fsp3) is 0.194. The van der Waals surface area contributed by atoms with E-state index in [0.29, 0.717) is 22.7 Å². The SMILES string of the molecule is N#CC1CCC(c2cc(-c3ccc(NC(=O)c4cccn(-c5ccc(F)cc5)c4=O)cc3)c3c(N)ncnn23)CC1. The molecule has 5 aromatic rings. The van der Waals surface area contributed by atoms with E-state index in [1.54, 1.807) is 18.2 Å². The van der Waals surface area contributed by atoms with Crippen LogP contribution in [0.1, 0.15) is 47.7 Å². The molecule has 0 radical (unpaired) electrons. The number of benzene rings is 2. The van der Waals surface area contributed by atoms with Crippen LogP contribution in [-0.2, 0) is 0 Å². The first kappa shape index (κ1) is 26.0. The van der Waals surface area contributed by atoms with Gasteiger partial charge in [-0.05, 0) is 85.8 Å². The molecule has 41 heavy (non-hydrogen) atoms. The second kappa shape index (κ2) is 10.7. The molecule has 0 saturated heterocycles. The number of nitrogens with zero attached hydrogens (tertiary/aromatic N) is 5. The van der Waals surface area contributed by atoms with Crippen molar-refractivity contribution in [3.8, 4) is 22.9 Å². The number of nitrogens with two attached hydrogens (primary N) is 1. The van der Waals surface area contributed by atoms with E-state index in [1.807, 2.05) is 16.6 Å². The van der Waals surface area contributed by atoms with E-state index >= 15 is 0 Å². The van der Waals surface area contributed by atoms with Gasteiger partial charge in [0.1, 0.15) is 23.2 Å². The number of amides is 1. The fourth-order valence-electron chi connectivity index (χ4n) is 5.52. The third-order valence-corrected chi connectivity index (χ3v) is 7.69. The monoisotopic (exact) mass is 547 g/mol. The van der Waals surface area contributed by atoms with Gasteiger partial charge in [-0.25, -0.2) is 13.9 Å². The molecule has 0 spiro atoms. The van der Waals surface area contributed by atoms with Crippen molar-refractivity contribution in [1.29, 1.82) is 5.26 Å². The van der Waals surface area contributed by atoms with E-state index in [9.17, 15) is 19.2 Å². The molecule has 3 heterocycles. The number of pyridine rings is 1. The van der Waals surface area contributed by atoms with Crippen LogP contribution in [0.25, 0.3) is 22.3 Å². The molecule has 3 N–H and O–H groups in total. The first-order valence-electron chi connectivity index (χ1n) is 13.3. The summed E-state index contributed by atoms with van der Waals surface area (Å²) in [7, 11) is 0. The van der Waals surface area contributed by atoms with Crippen LogP contribution in [-0.4, -0.2) is 25.1 Å². The van der Waals surface area contributed by atoms with Gasteiger partial charge in [0.2, 0.25) is 0 Å². The van der Waals surface area contributed by atoms with Crippen molar-refractivity contribution in [3.63, 3.8) is 0 Å². The van der Waals surface area contributed by atoms with Gasteiger partial charge in [0.05, 0.1) is 6.07 Å². The normalized spacial score (nSPS) is 16.8. The number of nitrogens with one attached hydrogen (secondary N) is 1. The van der Waals surface area contributed by atoms with Crippen LogP contribution in [0.4, 0.5) is 15.9 Å². The molecule has 0 aliphatic heterocycles. The molecule has 0 atom stereocenters. The molecule has 3 aromatic heterocycles. The molecule has 9 nitrogen and oxygen atoms in total. The number of carbonyl (C=O) groups excluding carboxylic acids is 1. The van der Waals surface area contributed by atoms with Gasteiger partial charge < -0.3 is 11.1 Å². The lowest BCUT2D eigenvalue weighted by Crippen LogP contribution is -2.27. The first-order valence-corrected chi connectivity index (χ1v) is 13.3. The molecular weight excluding hydrogens is 521 g/mol. The second-order valence-electron chi connectivity index (χ2n) is 10.2. The Balaban J connectivity index is 1.26. The van der Waals surface area contributed by atoms with Crippen molar-refractivity contribution in [2.75, 3.05) is 11.1 Å². The summed E-state index contributed by atoms with van der Waals surface area (Å²) in [5.41, 5.74) is 10.2. The predicted octanol–water partition coefficient (Wildman–Crippen LogP) is 5.32. The second-order valence-corrected chi connectivity index (χ2v) is 10.2. The van der Waals surface area contributed by atoms with Crippen molar-refractivity contribution in [2.24, 2.45) is 5.92 Å². The van der Waals surface area contributed by atoms with E-state index in [4.69, 9.17) is 5.73 Å². The van der Waals surface area contributed by atoms with Gasteiger partial charge in [0.25, 0.3) is 11.5 Å². The Hall–Kier alpha value is -5.30. The largest absolute Gasteiger partial charge is 0.382 e. The average Bonchev–Trinajstić information content (AvgIpc) is 3.39. The molecule has 1 amide bonds. The number of aromatic nitrogens is 4. The summed E-state index contributed by atoms with van der Waals surface area (Å²) < 4.78 is 16.5. The number of anilines is 2. The van der Waals surface area contributed by atoms with Crippen molar-refractivity contribution in [3.05, 3.63) is 107 Å². The summed E-state index contributed by atoms with van der Waals surface area (Å²) in [6, 6.07) is 20.2. The summed E-state index contributed by atoms with van der Waals surface area (Å²) in [6.45, 7) is 0. The van der Waals surface area contributed by atoms with Crippen LogP contribution in [0.3, 0.4) is 0 Å². The Morgan fingerprint density at radius 2 is 1.78 bits per heavy atom. The summed E-state index contributed by atoms with van der Waals surface area (Å²) >= 11 is 0. The van der Waals surface area contributed by atoms with Gasteiger partial charge in [-0.2, -0.15) is 10.4 Å². The van der Waals surface area contributed by atoms with Crippen LogP contribution < -0.4 is 16.6 Å². The van der Waals surface area contributed by atoms with E-state index in [2.05, 4.69) is 27.5 Å². The molecule has 0 unspecified atom stereocenters. The smallest absolute Gasteiger partial charge is 0.267 e. The van der Waals surface area contributed by atoms with Gasteiger partial charge in [-0.3, -0.25) is 14.2 Å². The molecule has 1 saturated carbocycles. The third kappa shape index (κ3) is 4.94. The number of hydrogen-bond donors (Lipinski definition) is 2. The number of nitrogen functional groups attached to an aromatic ring is 1. The lowest BCUT2D eigenvalue weighted by molar-refractivity contribution is 0.102. The lowest BCUT2D eigenvalue weighted by atomic mass is 9.81. The first-order chi connectivity index (χ1) is 19.9. The Kier molecular flexibility index (Phi) is 6.77. The van der Waals surface area contributed by atoms with Gasteiger partial charge >= 0.3 is 0 Å². The highest BCUT2D eigenvalue weighted by atomic mass is 19.1. The van der Waals surface area contributed by atoms with Gasteiger partial charge in [0.15, 0.2) is 5.82 Å². The van der Waals surface area contributed by atoms with Crippen LogP contribution in [0.2, 0.25) is 0 Å². The Bertz CT molecular complexity index is 1850. The summed E-state index contributed by atoms with van der Waals surface area (Å²) in [4.78, 5) is 30.3. The minimum atomic E-state index is -0.554. The number of halogens is 1. The molecule has 6 rings (SSSR count). The van der Waals surface area contributed by atoms with E-state index in [-0.39, 0.29) is 17.4 Å². The van der Waals surface area contributed by atoms with E-state index < -0.39 is 17.3 Å². The highest BCUT2D eigenvalue weighted by Gasteiger charge is 2.27. The quantitative estimate of drug-likeness (QED) is 0.306. The predicted molar refractivity (Wildman–Crippen MR) is 153 cm³/mol. The highest BCUT2D eigenvalue weighted by molar-refractivity contribution is 6.04. The zero-order valence-corrected chi connectivity index (χ0v) is 22.0. The topological polar surface area (TPSA) is 131 Å². The number of hydrogen-bond acceptors (Lipinski definition) is 6. The van der Waals surface area contributed by atoms with Crippen LogP contribution >= 0.6 is 0 Å². The lowest BCUT2D eigenvalue weighted by Gasteiger charge is -2.24. The maximum atomic E-state index is 13.3. The fourth-order valence-corrected chi connectivity index (χ4v) is 5.52. The molecule has 204 valence electrons. The van der Waals surface area contributed by atoms with E-state index in [0.717, 1.165) is 42.5 Å². The molecule has 1 aliphatic rings. The highest BCUT2D eigenvalue weighted by Crippen LogP contribution is 2.40. The molecular formula is C31H26FN7O2. The van der Waals surface area contributed by atoms with Crippen molar-refractivity contribution < 1.29 is 9.18 Å². The number of fused-ring (bicyclic) bond motifs is 1. The summed E-state index contributed by atoms with van der Waals surface area (Å²) in [6.07, 6.45) is 6.50. The Morgan fingerprint density at radius 1 is 1.05 bits per heavy atom. The number of nitriles is 1. The Labute approximate surface area is 234 Å². The van der Waals surface area contributed by atoms with Gasteiger partial charge in [-0.15, -0.1) is 0 Å². The summed E-state index contributed by atoms with van der Waals surface area (Å²) in [5.74, 6) is -0.242. The van der Waals surface area contributed by atoms with Gasteiger partial charge in [0, 0.05) is 40.7 Å². The molecule has 1 aliphatic carbocycles. The average molecular weight is 548 g/mol. The number of rotatable bonds is 5. The van der Waals surface area contributed by atoms with Crippen LogP contribution in [0.15, 0.2) is 84.0 Å². The molecule has 2 aromatic carbocycles. The Morgan fingerprint density at radius 3 is 2.49 bits per heavy atom. The zero-order valence-electron chi connectivity index (χ0n) is 22.0. The van der Waals surface area contributed by atoms with Gasteiger partial charge in [-0.1, -0.05) is 12.1 Å². The molecule has 10 heteroatoms. The number of carbonyl (C=O) groups is 1. The maximum Gasteiger partial charge on any atom is 0.267 e.